The van der Waals surface area contributed by atoms with E-state index in [0.29, 0.717) is 6.04 Å². The molecule has 27 heavy (non-hydrogen) atoms. The molecule has 1 fully saturated rings. The van der Waals surface area contributed by atoms with Crippen molar-refractivity contribution in [2.45, 2.75) is 45.7 Å². The number of rotatable bonds is 9. The zero-order chi connectivity index (χ0) is 18.6. The highest BCUT2D eigenvalue weighted by Gasteiger charge is 2.20. The van der Waals surface area contributed by atoms with Crippen molar-refractivity contribution in [3.8, 4) is 0 Å². The van der Waals surface area contributed by atoms with Gasteiger partial charge in [-0.3, -0.25) is 9.89 Å². The fraction of sp³-hybridized carbons (Fsp3) is 0.667. The molecule has 0 bridgehead atoms. The summed E-state index contributed by atoms with van der Waals surface area (Å²) >= 11 is 0. The van der Waals surface area contributed by atoms with Crippen molar-refractivity contribution in [1.82, 2.24) is 20.4 Å². The molecule has 0 atom stereocenters. The van der Waals surface area contributed by atoms with Crippen LogP contribution in [0.4, 0.5) is 0 Å². The van der Waals surface area contributed by atoms with Gasteiger partial charge in [0.25, 0.3) is 0 Å². The summed E-state index contributed by atoms with van der Waals surface area (Å²) in [6, 6.07) is 11.3. The van der Waals surface area contributed by atoms with Crippen LogP contribution < -0.4 is 10.6 Å². The highest BCUT2D eigenvalue weighted by atomic mass is 127. The van der Waals surface area contributed by atoms with Crippen LogP contribution in [0.15, 0.2) is 35.3 Å². The van der Waals surface area contributed by atoms with Crippen LogP contribution in [0.3, 0.4) is 0 Å². The molecule has 2 N–H and O–H groups in total. The highest BCUT2D eigenvalue weighted by molar-refractivity contribution is 14.0. The molecule has 1 aromatic rings. The van der Waals surface area contributed by atoms with Gasteiger partial charge in [-0.1, -0.05) is 44.2 Å². The second-order valence-electron chi connectivity index (χ2n) is 7.11. The van der Waals surface area contributed by atoms with Crippen molar-refractivity contribution in [3.63, 3.8) is 0 Å². The number of piperidine rings is 1. The number of nitrogens with one attached hydrogen (secondary N) is 2. The van der Waals surface area contributed by atoms with Crippen LogP contribution in [0.5, 0.6) is 0 Å². The van der Waals surface area contributed by atoms with E-state index in [0.717, 1.165) is 45.2 Å². The van der Waals surface area contributed by atoms with E-state index in [-0.39, 0.29) is 24.0 Å². The van der Waals surface area contributed by atoms with Crippen LogP contribution in [0.1, 0.15) is 38.7 Å². The summed E-state index contributed by atoms with van der Waals surface area (Å²) in [5, 5.41) is 7.08. The summed E-state index contributed by atoms with van der Waals surface area (Å²) in [5.41, 5.74) is 1.41. The van der Waals surface area contributed by atoms with Gasteiger partial charge in [0.2, 0.25) is 0 Å². The lowest BCUT2D eigenvalue weighted by Crippen LogP contribution is -2.49. The molecule has 0 unspecified atom stereocenters. The molecule has 1 heterocycles. The minimum Gasteiger partial charge on any atom is -0.355 e. The van der Waals surface area contributed by atoms with Crippen molar-refractivity contribution in [1.29, 1.82) is 0 Å². The SMILES string of the molecule is CCCN(CC)CCNC(=NC)NC1CCN(Cc2ccccc2)CC1.I. The molecule has 1 aliphatic rings. The standard InChI is InChI=1S/C21H37N5.HI/c1-4-14-25(5-2)17-13-23-21(22-3)24-20-11-15-26(16-12-20)18-19-9-7-6-8-10-19;/h6-10,20H,4-5,11-18H2,1-3H3,(H2,22,23,24);1H. The van der Waals surface area contributed by atoms with Gasteiger partial charge in [0.05, 0.1) is 0 Å². The van der Waals surface area contributed by atoms with Crippen molar-refractivity contribution in [2.75, 3.05) is 46.3 Å². The van der Waals surface area contributed by atoms with Gasteiger partial charge in [0, 0.05) is 45.8 Å². The van der Waals surface area contributed by atoms with Crippen LogP contribution in [0.25, 0.3) is 0 Å². The summed E-state index contributed by atoms with van der Waals surface area (Å²) in [7, 11) is 1.86. The van der Waals surface area contributed by atoms with E-state index in [4.69, 9.17) is 0 Å². The Labute approximate surface area is 183 Å². The maximum Gasteiger partial charge on any atom is 0.191 e. The van der Waals surface area contributed by atoms with Crippen LogP contribution >= 0.6 is 24.0 Å². The van der Waals surface area contributed by atoms with Gasteiger partial charge in [-0.05, 0) is 37.9 Å². The van der Waals surface area contributed by atoms with Crippen molar-refractivity contribution in [2.24, 2.45) is 4.99 Å². The molecule has 0 amide bonds. The van der Waals surface area contributed by atoms with Gasteiger partial charge in [-0.2, -0.15) is 0 Å². The topological polar surface area (TPSA) is 42.9 Å². The zero-order valence-corrected chi connectivity index (χ0v) is 19.6. The third kappa shape index (κ3) is 9.25. The molecular weight excluding hydrogens is 449 g/mol. The number of benzene rings is 1. The highest BCUT2D eigenvalue weighted by Crippen LogP contribution is 2.13. The average molecular weight is 487 g/mol. The van der Waals surface area contributed by atoms with Crippen LogP contribution in [-0.4, -0.2) is 68.1 Å². The average Bonchev–Trinajstić information content (AvgIpc) is 2.68. The van der Waals surface area contributed by atoms with Crippen molar-refractivity contribution in [3.05, 3.63) is 35.9 Å². The van der Waals surface area contributed by atoms with E-state index in [2.05, 4.69) is 69.6 Å². The van der Waals surface area contributed by atoms with Crippen LogP contribution in [0, 0.1) is 0 Å². The zero-order valence-electron chi connectivity index (χ0n) is 17.3. The van der Waals surface area contributed by atoms with Gasteiger partial charge in [0.15, 0.2) is 5.96 Å². The van der Waals surface area contributed by atoms with Gasteiger partial charge in [-0.25, -0.2) is 0 Å². The summed E-state index contributed by atoms with van der Waals surface area (Å²) in [6.07, 6.45) is 3.55. The number of hydrogen-bond acceptors (Lipinski definition) is 3. The fourth-order valence-electron chi connectivity index (χ4n) is 3.54. The first-order valence-corrected chi connectivity index (χ1v) is 10.2. The molecule has 0 aliphatic carbocycles. The van der Waals surface area contributed by atoms with Gasteiger partial charge >= 0.3 is 0 Å². The maximum absolute atomic E-state index is 4.40. The van der Waals surface area contributed by atoms with Gasteiger partial charge in [-0.15, -0.1) is 24.0 Å². The molecular formula is C21H38IN5. The monoisotopic (exact) mass is 487 g/mol. The molecule has 0 spiro atoms. The Hall–Kier alpha value is -0.860. The Morgan fingerprint density at radius 3 is 2.44 bits per heavy atom. The fourth-order valence-corrected chi connectivity index (χ4v) is 3.54. The quantitative estimate of drug-likeness (QED) is 0.319. The minimum absolute atomic E-state index is 0. The molecule has 5 nitrogen and oxygen atoms in total. The molecule has 0 saturated carbocycles. The Balaban J connectivity index is 0.00000364. The summed E-state index contributed by atoms with van der Waals surface area (Å²) in [4.78, 5) is 9.42. The smallest absolute Gasteiger partial charge is 0.191 e. The molecule has 1 aliphatic heterocycles. The normalized spacial score (nSPS) is 16.2. The van der Waals surface area contributed by atoms with Crippen molar-refractivity contribution < 1.29 is 0 Å². The molecule has 1 saturated heterocycles. The van der Waals surface area contributed by atoms with E-state index < -0.39 is 0 Å². The van der Waals surface area contributed by atoms with Crippen molar-refractivity contribution >= 4 is 29.9 Å². The third-order valence-corrected chi connectivity index (χ3v) is 5.11. The van der Waals surface area contributed by atoms with E-state index in [1.807, 2.05) is 7.05 Å². The molecule has 2 rings (SSSR count). The molecule has 0 radical (unpaired) electrons. The lowest BCUT2D eigenvalue weighted by molar-refractivity contribution is 0.198. The number of guanidine groups is 1. The number of aliphatic imine (C=N–C) groups is 1. The first kappa shape index (κ1) is 24.2. The maximum atomic E-state index is 4.40. The Kier molecular flexibility index (Phi) is 12.7. The largest absolute Gasteiger partial charge is 0.355 e. The first-order valence-electron chi connectivity index (χ1n) is 10.2. The second kappa shape index (κ2) is 14.2. The van der Waals surface area contributed by atoms with E-state index in [1.165, 1.54) is 31.4 Å². The van der Waals surface area contributed by atoms with E-state index in [9.17, 15) is 0 Å². The first-order chi connectivity index (χ1) is 12.7. The molecule has 154 valence electrons. The van der Waals surface area contributed by atoms with Gasteiger partial charge < -0.3 is 15.5 Å². The lowest BCUT2D eigenvalue weighted by Gasteiger charge is -2.33. The Bertz CT molecular complexity index is 515. The van der Waals surface area contributed by atoms with Gasteiger partial charge in [0.1, 0.15) is 0 Å². The summed E-state index contributed by atoms with van der Waals surface area (Å²) < 4.78 is 0. The second-order valence-corrected chi connectivity index (χ2v) is 7.11. The lowest BCUT2D eigenvalue weighted by atomic mass is 10.0. The van der Waals surface area contributed by atoms with E-state index in [1.54, 1.807) is 0 Å². The number of nitrogens with zero attached hydrogens (tertiary/aromatic N) is 3. The minimum atomic E-state index is 0. The van der Waals surface area contributed by atoms with E-state index >= 15 is 0 Å². The van der Waals surface area contributed by atoms with Crippen LogP contribution in [-0.2, 0) is 6.54 Å². The Morgan fingerprint density at radius 2 is 1.85 bits per heavy atom. The molecule has 1 aromatic carbocycles. The third-order valence-electron chi connectivity index (χ3n) is 5.11. The number of likely N-dealkylation sites (N-methyl/N-ethyl adjacent to an activating group) is 1. The Morgan fingerprint density at radius 1 is 1.15 bits per heavy atom. The summed E-state index contributed by atoms with van der Waals surface area (Å²) in [5.74, 6) is 0.944. The number of hydrogen-bond donors (Lipinski definition) is 2. The predicted octanol–water partition coefficient (Wildman–Crippen LogP) is 3.17. The summed E-state index contributed by atoms with van der Waals surface area (Å²) in [6.45, 7) is 12.1. The number of likely N-dealkylation sites (tertiary alicyclic amines) is 1. The molecule has 0 aromatic heterocycles. The number of halogens is 1. The van der Waals surface area contributed by atoms with Crippen LogP contribution in [0.2, 0.25) is 0 Å². The molecule has 6 heteroatoms. The predicted molar refractivity (Wildman–Crippen MR) is 127 cm³/mol.